The Bertz CT molecular complexity index is 278. The number of nitrogens with one attached hydrogen (secondary N) is 1. The van der Waals surface area contributed by atoms with Crippen LogP contribution in [0.25, 0.3) is 0 Å². The number of hydrogen-bond donors (Lipinski definition) is 1. The second kappa shape index (κ2) is 3.05. The van der Waals surface area contributed by atoms with Gasteiger partial charge in [0.1, 0.15) is 0 Å². The third-order valence-corrected chi connectivity index (χ3v) is 2.60. The molecular formula is C8H11NOS. The summed E-state index contributed by atoms with van der Waals surface area (Å²) in [5.74, 6) is 0.264. The molecule has 0 saturated heterocycles. The third-order valence-electron chi connectivity index (χ3n) is 1.45. The van der Waals surface area contributed by atoms with Crippen molar-refractivity contribution in [2.24, 2.45) is 0 Å². The zero-order chi connectivity index (χ0) is 8.43. The maximum atomic E-state index is 7.42. The van der Waals surface area contributed by atoms with E-state index in [0.29, 0.717) is 0 Å². The van der Waals surface area contributed by atoms with Gasteiger partial charge in [-0.3, -0.25) is 5.41 Å². The number of aryl methyl sites for hydroxylation is 2. The van der Waals surface area contributed by atoms with Gasteiger partial charge in [-0.05, 0) is 25.5 Å². The van der Waals surface area contributed by atoms with Crippen molar-refractivity contribution in [3.05, 3.63) is 21.4 Å². The van der Waals surface area contributed by atoms with E-state index in [-0.39, 0.29) is 5.90 Å². The fraction of sp³-hybridized carbons (Fsp3) is 0.375. The average Bonchev–Trinajstić information content (AvgIpc) is 2.28. The van der Waals surface area contributed by atoms with Crippen molar-refractivity contribution in [2.75, 3.05) is 7.11 Å². The van der Waals surface area contributed by atoms with Gasteiger partial charge in [-0.15, -0.1) is 11.3 Å². The van der Waals surface area contributed by atoms with Crippen molar-refractivity contribution in [3.8, 4) is 0 Å². The van der Waals surface area contributed by atoms with E-state index in [1.54, 1.807) is 11.3 Å². The van der Waals surface area contributed by atoms with Gasteiger partial charge in [0.15, 0.2) is 0 Å². The molecule has 0 aliphatic rings. The van der Waals surface area contributed by atoms with Crippen LogP contribution in [-0.4, -0.2) is 13.0 Å². The Labute approximate surface area is 70.3 Å². The van der Waals surface area contributed by atoms with Crippen LogP contribution in [0, 0.1) is 19.3 Å². The van der Waals surface area contributed by atoms with Gasteiger partial charge in [-0.1, -0.05) is 0 Å². The van der Waals surface area contributed by atoms with Gasteiger partial charge in [-0.25, -0.2) is 0 Å². The van der Waals surface area contributed by atoms with Crippen molar-refractivity contribution in [2.45, 2.75) is 13.8 Å². The first-order valence-corrected chi connectivity index (χ1v) is 4.16. The van der Waals surface area contributed by atoms with E-state index in [9.17, 15) is 0 Å². The van der Waals surface area contributed by atoms with E-state index in [1.807, 2.05) is 13.8 Å². The molecule has 2 nitrogen and oxygen atoms in total. The quantitative estimate of drug-likeness (QED) is 0.508. The maximum absolute atomic E-state index is 7.42. The molecule has 1 aromatic heterocycles. The number of hydrogen-bond acceptors (Lipinski definition) is 3. The Kier molecular flexibility index (Phi) is 2.29. The fourth-order valence-corrected chi connectivity index (χ4v) is 1.91. The lowest BCUT2D eigenvalue weighted by Gasteiger charge is -1.98. The summed E-state index contributed by atoms with van der Waals surface area (Å²) < 4.78 is 4.82. The number of ether oxygens (including phenoxy) is 1. The Morgan fingerprint density at radius 3 is 2.55 bits per heavy atom. The van der Waals surface area contributed by atoms with Crippen molar-refractivity contribution < 1.29 is 4.74 Å². The summed E-state index contributed by atoms with van der Waals surface area (Å²) in [7, 11) is 1.52. The van der Waals surface area contributed by atoms with Gasteiger partial charge in [0.05, 0.1) is 12.0 Å². The minimum atomic E-state index is 0.264. The molecule has 0 spiro atoms. The zero-order valence-corrected chi connectivity index (χ0v) is 7.71. The summed E-state index contributed by atoms with van der Waals surface area (Å²) in [6.07, 6.45) is 0. The molecule has 3 heteroatoms. The molecule has 0 radical (unpaired) electrons. The van der Waals surface area contributed by atoms with Gasteiger partial charge < -0.3 is 4.74 Å². The minimum Gasteiger partial charge on any atom is -0.480 e. The second-order valence-corrected chi connectivity index (χ2v) is 3.66. The average molecular weight is 169 g/mol. The highest BCUT2D eigenvalue weighted by atomic mass is 32.1. The smallest absolute Gasteiger partial charge is 0.223 e. The molecular weight excluding hydrogens is 158 g/mol. The predicted molar refractivity (Wildman–Crippen MR) is 47.6 cm³/mol. The fourth-order valence-electron chi connectivity index (χ4n) is 0.960. The number of methoxy groups -OCH3 is 1. The lowest BCUT2D eigenvalue weighted by molar-refractivity contribution is 0.402. The Hall–Kier alpha value is -0.830. The molecule has 1 N–H and O–H groups in total. The molecule has 0 aliphatic heterocycles. The number of rotatable bonds is 1. The summed E-state index contributed by atoms with van der Waals surface area (Å²) in [6.45, 7) is 4.02. The summed E-state index contributed by atoms with van der Waals surface area (Å²) in [5.41, 5.74) is 1.12. The van der Waals surface area contributed by atoms with Crippen LogP contribution < -0.4 is 0 Å². The van der Waals surface area contributed by atoms with Crippen LogP contribution in [0.2, 0.25) is 0 Å². The van der Waals surface area contributed by atoms with Crippen molar-refractivity contribution in [1.29, 1.82) is 5.41 Å². The van der Waals surface area contributed by atoms with E-state index in [0.717, 1.165) is 10.4 Å². The van der Waals surface area contributed by atoms with Crippen molar-refractivity contribution in [1.82, 2.24) is 0 Å². The monoisotopic (exact) mass is 169 g/mol. The molecule has 11 heavy (non-hydrogen) atoms. The van der Waals surface area contributed by atoms with E-state index in [4.69, 9.17) is 10.1 Å². The first kappa shape index (κ1) is 8.27. The molecule has 0 saturated carbocycles. The van der Waals surface area contributed by atoms with Crippen LogP contribution in [0.4, 0.5) is 0 Å². The van der Waals surface area contributed by atoms with Crippen LogP contribution >= 0.6 is 11.3 Å². The van der Waals surface area contributed by atoms with Gasteiger partial charge >= 0.3 is 0 Å². The van der Waals surface area contributed by atoms with Gasteiger partial charge in [0, 0.05) is 4.88 Å². The summed E-state index contributed by atoms with van der Waals surface area (Å²) in [5, 5.41) is 7.42. The molecule has 0 unspecified atom stereocenters. The highest BCUT2D eigenvalue weighted by molar-refractivity contribution is 7.14. The van der Waals surface area contributed by atoms with Crippen LogP contribution in [0.15, 0.2) is 6.07 Å². The molecule has 0 aliphatic carbocycles. The molecule has 60 valence electrons. The highest BCUT2D eigenvalue weighted by Crippen LogP contribution is 2.21. The van der Waals surface area contributed by atoms with E-state index in [1.165, 1.54) is 12.0 Å². The molecule has 0 amide bonds. The lowest BCUT2D eigenvalue weighted by Crippen LogP contribution is -1.99. The van der Waals surface area contributed by atoms with Gasteiger partial charge in [-0.2, -0.15) is 0 Å². The van der Waals surface area contributed by atoms with Crippen LogP contribution in [0.5, 0.6) is 0 Å². The SMILES string of the molecule is COC(=N)c1sc(C)cc1C. The Morgan fingerprint density at radius 2 is 2.18 bits per heavy atom. The number of thiophene rings is 1. The van der Waals surface area contributed by atoms with Gasteiger partial charge in [0.25, 0.3) is 0 Å². The normalized spacial score (nSPS) is 9.73. The van der Waals surface area contributed by atoms with Crippen molar-refractivity contribution in [3.63, 3.8) is 0 Å². The molecule has 1 rings (SSSR count). The van der Waals surface area contributed by atoms with Crippen LogP contribution in [0.1, 0.15) is 15.3 Å². The van der Waals surface area contributed by atoms with Crippen LogP contribution in [-0.2, 0) is 4.74 Å². The molecule has 0 bridgehead atoms. The second-order valence-electron chi connectivity index (χ2n) is 2.40. The first-order chi connectivity index (χ1) is 5.15. The van der Waals surface area contributed by atoms with E-state index in [2.05, 4.69) is 6.07 Å². The highest BCUT2D eigenvalue weighted by Gasteiger charge is 2.07. The largest absolute Gasteiger partial charge is 0.480 e. The van der Waals surface area contributed by atoms with Crippen LogP contribution in [0.3, 0.4) is 0 Å². The van der Waals surface area contributed by atoms with E-state index >= 15 is 0 Å². The van der Waals surface area contributed by atoms with E-state index < -0.39 is 0 Å². The predicted octanol–water partition coefficient (Wildman–Crippen LogP) is 2.34. The standard InChI is InChI=1S/C8H11NOS/c1-5-4-6(2)11-7(5)8(9)10-3/h4,9H,1-3H3. The summed E-state index contributed by atoms with van der Waals surface area (Å²) >= 11 is 1.60. The zero-order valence-electron chi connectivity index (χ0n) is 6.89. The maximum Gasteiger partial charge on any atom is 0.223 e. The minimum absolute atomic E-state index is 0.264. The molecule has 0 fully saturated rings. The summed E-state index contributed by atoms with van der Waals surface area (Å²) in [6, 6.07) is 2.06. The molecule has 1 aromatic rings. The lowest BCUT2D eigenvalue weighted by atomic mass is 10.3. The molecule has 0 atom stereocenters. The molecule has 1 heterocycles. The van der Waals surface area contributed by atoms with Crippen molar-refractivity contribution >= 4 is 17.2 Å². The third kappa shape index (κ3) is 1.60. The topological polar surface area (TPSA) is 33.1 Å². The first-order valence-electron chi connectivity index (χ1n) is 3.35. The Balaban J connectivity index is 3.03. The summed E-state index contributed by atoms with van der Waals surface area (Å²) in [4.78, 5) is 2.16. The Morgan fingerprint density at radius 1 is 1.55 bits per heavy atom. The van der Waals surface area contributed by atoms with Gasteiger partial charge in [0.2, 0.25) is 5.90 Å². The molecule has 0 aromatic carbocycles.